The molecule has 0 aliphatic heterocycles. The molecule has 0 aliphatic rings. The van der Waals surface area contributed by atoms with Crippen LogP contribution in [0.15, 0.2) is 36.8 Å². The second kappa shape index (κ2) is 5.51. The lowest BCUT2D eigenvalue weighted by molar-refractivity contribution is 0.329. The maximum atomic E-state index is 4.07. The van der Waals surface area contributed by atoms with E-state index in [0.29, 0.717) is 0 Å². The van der Waals surface area contributed by atoms with Crippen molar-refractivity contribution < 1.29 is 0 Å². The van der Waals surface area contributed by atoms with Crippen LogP contribution in [0.4, 0.5) is 0 Å². The van der Waals surface area contributed by atoms with E-state index in [2.05, 4.69) is 52.3 Å². The maximum Gasteiger partial charge on any atom is 0.0565 e. The molecule has 0 fully saturated rings. The normalized spacial score (nSPS) is 11.6. The number of aromatic amines is 2. The van der Waals surface area contributed by atoms with Crippen LogP contribution in [-0.4, -0.2) is 33.7 Å². The molecule has 0 aliphatic carbocycles. The minimum Gasteiger partial charge on any atom is -0.361 e. The lowest BCUT2D eigenvalue weighted by atomic mass is 9.99. The SMILES string of the molecule is CCCN(C)Cc1c(-c2cn[nH]c2)ccc2cc[nH]c12. The van der Waals surface area contributed by atoms with Gasteiger partial charge in [0.1, 0.15) is 0 Å². The molecular weight excluding hydrogens is 248 g/mol. The lowest BCUT2D eigenvalue weighted by Crippen LogP contribution is -2.19. The van der Waals surface area contributed by atoms with Crippen molar-refractivity contribution in [1.82, 2.24) is 20.1 Å². The molecule has 0 spiro atoms. The standard InChI is InChI=1S/C16H20N4/c1-3-8-20(2)11-15-14(13-9-18-19-10-13)5-4-12-6-7-17-16(12)15/h4-7,9-10,17H,3,8,11H2,1-2H3,(H,18,19). The Morgan fingerprint density at radius 1 is 1.25 bits per heavy atom. The van der Waals surface area contributed by atoms with Crippen LogP contribution in [0.3, 0.4) is 0 Å². The summed E-state index contributed by atoms with van der Waals surface area (Å²) in [6, 6.07) is 6.48. The fourth-order valence-electron chi connectivity index (χ4n) is 2.75. The van der Waals surface area contributed by atoms with Gasteiger partial charge in [0.05, 0.1) is 11.7 Å². The fraction of sp³-hybridized carbons (Fsp3) is 0.312. The van der Waals surface area contributed by atoms with Gasteiger partial charge in [-0.1, -0.05) is 19.1 Å². The van der Waals surface area contributed by atoms with Gasteiger partial charge in [-0.05, 0) is 42.6 Å². The highest BCUT2D eigenvalue weighted by atomic mass is 15.1. The van der Waals surface area contributed by atoms with E-state index in [1.54, 1.807) is 0 Å². The van der Waals surface area contributed by atoms with Gasteiger partial charge in [-0.3, -0.25) is 5.10 Å². The summed E-state index contributed by atoms with van der Waals surface area (Å²) in [4.78, 5) is 5.74. The Hall–Kier alpha value is -2.07. The van der Waals surface area contributed by atoms with Gasteiger partial charge in [0.2, 0.25) is 0 Å². The Morgan fingerprint density at radius 3 is 2.90 bits per heavy atom. The Kier molecular flexibility index (Phi) is 3.56. The van der Waals surface area contributed by atoms with Crippen LogP contribution < -0.4 is 0 Å². The van der Waals surface area contributed by atoms with E-state index in [1.807, 2.05) is 18.6 Å². The molecule has 4 heteroatoms. The summed E-state index contributed by atoms with van der Waals surface area (Å²) in [5.74, 6) is 0. The number of fused-ring (bicyclic) bond motifs is 1. The van der Waals surface area contributed by atoms with Crippen molar-refractivity contribution in [3.63, 3.8) is 0 Å². The predicted octanol–water partition coefficient (Wildman–Crippen LogP) is 3.40. The van der Waals surface area contributed by atoms with Crippen molar-refractivity contribution in [2.24, 2.45) is 0 Å². The van der Waals surface area contributed by atoms with Crippen molar-refractivity contribution in [2.45, 2.75) is 19.9 Å². The Bertz CT molecular complexity index is 682. The van der Waals surface area contributed by atoms with Gasteiger partial charge in [-0.25, -0.2) is 0 Å². The van der Waals surface area contributed by atoms with Crippen molar-refractivity contribution in [2.75, 3.05) is 13.6 Å². The Balaban J connectivity index is 2.09. The molecule has 20 heavy (non-hydrogen) atoms. The molecule has 0 saturated carbocycles. The molecular formula is C16H20N4. The van der Waals surface area contributed by atoms with Crippen LogP contribution >= 0.6 is 0 Å². The molecule has 3 aromatic rings. The monoisotopic (exact) mass is 268 g/mol. The zero-order valence-corrected chi connectivity index (χ0v) is 12.0. The van der Waals surface area contributed by atoms with E-state index in [0.717, 1.165) is 25.1 Å². The second-order valence-corrected chi connectivity index (χ2v) is 5.26. The number of benzene rings is 1. The Morgan fingerprint density at radius 2 is 2.15 bits per heavy atom. The van der Waals surface area contributed by atoms with E-state index < -0.39 is 0 Å². The number of H-pyrrole nitrogens is 2. The number of hydrogen-bond donors (Lipinski definition) is 2. The van der Waals surface area contributed by atoms with Crippen molar-refractivity contribution in [1.29, 1.82) is 0 Å². The second-order valence-electron chi connectivity index (χ2n) is 5.26. The molecule has 104 valence electrons. The molecule has 0 amide bonds. The molecule has 0 bridgehead atoms. The number of nitrogens with zero attached hydrogens (tertiary/aromatic N) is 2. The molecule has 3 rings (SSSR count). The summed E-state index contributed by atoms with van der Waals surface area (Å²) < 4.78 is 0. The van der Waals surface area contributed by atoms with Crippen LogP contribution in [0, 0.1) is 0 Å². The highest BCUT2D eigenvalue weighted by Gasteiger charge is 2.13. The average molecular weight is 268 g/mol. The fourth-order valence-corrected chi connectivity index (χ4v) is 2.75. The minimum absolute atomic E-state index is 0.937. The highest BCUT2D eigenvalue weighted by molar-refractivity contribution is 5.89. The van der Waals surface area contributed by atoms with Crippen LogP contribution in [0.25, 0.3) is 22.0 Å². The maximum absolute atomic E-state index is 4.07. The first-order chi connectivity index (χ1) is 9.79. The number of hydrogen-bond acceptors (Lipinski definition) is 2. The van der Waals surface area contributed by atoms with Gasteiger partial charge < -0.3 is 9.88 Å². The third kappa shape index (κ3) is 2.34. The van der Waals surface area contributed by atoms with E-state index in [4.69, 9.17) is 0 Å². The van der Waals surface area contributed by atoms with Gasteiger partial charge in [-0.2, -0.15) is 5.10 Å². The van der Waals surface area contributed by atoms with Crippen LogP contribution in [0.1, 0.15) is 18.9 Å². The summed E-state index contributed by atoms with van der Waals surface area (Å²) in [5, 5.41) is 8.24. The summed E-state index contributed by atoms with van der Waals surface area (Å²) in [6.45, 7) is 4.25. The molecule has 1 aromatic carbocycles. The summed E-state index contributed by atoms with van der Waals surface area (Å²) in [5.41, 5.74) is 4.95. The average Bonchev–Trinajstić information content (AvgIpc) is 3.10. The third-order valence-electron chi connectivity index (χ3n) is 3.68. The van der Waals surface area contributed by atoms with Crippen molar-refractivity contribution in [3.8, 4) is 11.1 Å². The first kappa shape index (κ1) is 12.9. The number of nitrogens with one attached hydrogen (secondary N) is 2. The summed E-state index contributed by atoms with van der Waals surface area (Å²) in [6.07, 6.45) is 7.01. The molecule has 0 radical (unpaired) electrons. The highest BCUT2D eigenvalue weighted by Crippen LogP contribution is 2.30. The van der Waals surface area contributed by atoms with E-state index >= 15 is 0 Å². The van der Waals surface area contributed by atoms with Crippen LogP contribution in [0.5, 0.6) is 0 Å². The first-order valence-electron chi connectivity index (χ1n) is 7.06. The predicted molar refractivity (Wildman–Crippen MR) is 82.5 cm³/mol. The van der Waals surface area contributed by atoms with Gasteiger partial charge in [0.25, 0.3) is 0 Å². The number of rotatable bonds is 5. The zero-order chi connectivity index (χ0) is 13.9. The quantitative estimate of drug-likeness (QED) is 0.745. The van der Waals surface area contributed by atoms with Gasteiger partial charge >= 0.3 is 0 Å². The molecule has 0 unspecified atom stereocenters. The summed E-state index contributed by atoms with van der Waals surface area (Å²) in [7, 11) is 2.17. The van der Waals surface area contributed by atoms with Crippen LogP contribution in [-0.2, 0) is 6.54 Å². The first-order valence-corrected chi connectivity index (χ1v) is 7.06. The smallest absolute Gasteiger partial charge is 0.0565 e. The van der Waals surface area contributed by atoms with Gasteiger partial charge in [0.15, 0.2) is 0 Å². The molecule has 2 heterocycles. The topological polar surface area (TPSA) is 47.7 Å². The van der Waals surface area contributed by atoms with Crippen molar-refractivity contribution >= 4 is 10.9 Å². The van der Waals surface area contributed by atoms with Gasteiger partial charge in [-0.15, -0.1) is 0 Å². The Labute approximate surface area is 118 Å². The number of aromatic nitrogens is 3. The van der Waals surface area contributed by atoms with E-state index in [-0.39, 0.29) is 0 Å². The van der Waals surface area contributed by atoms with E-state index in [1.165, 1.54) is 22.0 Å². The minimum atomic E-state index is 0.937. The molecule has 2 aromatic heterocycles. The zero-order valence-electron chi connectivity index (χ0n) is 12.0. The molecule has 2 N–H and O–H groups in total. The molecule has 0 atom stereocenters. The van der Waals surface area contributed by atoms with Crippen molar-refractivity contribution in [3.05, 3.63) is 42.4 Å². The summed E-state index contributed by atoms with van der Waals surface area (Å²) >= 11 is 0. The lowest BCUT2D eigenvalue weighted by Gasteiger charge is -2.18. The molecule has 0 saturated heterocycles. The molecule has 4 nitrogen and oxygen atoms in total. The third-order valence-corrected chi connectivity index (χ3v) is 3.68. The van der Waals surface area contributed by atoms with E-state index in [9.17, 15) is 0 Å². The largest absolute Gasteiger partial charge is 0.361 e. The van der Waals surface area contributed by atoms with Gasteiger partial charge in [0, 0.05) is 24.5 Å². The van der Waals surface area contributed by atoms with Crippen LogP contribution in [0.2, 0.25) is 0 Å².